The van der Waals surface area contributed by atoms with E-state index in [1.165, 1.54) is 205 Å². The van der Waals surface area contributed by atoms with Gasteiger partial charge in [0, 0.05) is 6.42 Å². The van der Waals surface area contributed by atoms with Crippen LogP contribution in [-0.2, 0) is 18.4 Å². The number of carbonyl (C=O) groups excluding carboxylic acids is 1. The van der Waals surface area contributed by atoms with Gasteiger partial charge >= 0.3 is 0 Å². The maximum atomic E-state index is 13.0. The highest BCUT2D eigenvalue weighted by atomic mass is 31.2. The van der Waals surface area contributed by atoms with Crippen LogP contribution in [0.25, 0.3) is 0 Å². The van der Waals surface area contributed by atoms with Crippen LogP contribution in [0.3, 0.4) is 0 Å². The van der Waals surface area contributed by atoms with Gasteiger partial charge in [-0.1, -0.05) is 286 Å². The molecule has 0 spiro atoms. The number of amides is 1. The van der Waals surface area contributed by atoms with Gasteiger partial charge in [0.15, 0.2) is 0 Å². The summed E-state index contributed by atoms with van der Waals surface area (Å²) in [6.45, 7) is 4.54. The van der Waals surface area contributed by atoms with Crippen molar-refractivity contribution in [3.8, 4) is 0 Å². The summed E-state index contributed by atoms with van der Waals surface area (Å²) in [6, 6.07) is -0.905. The summed E-state index contributed by atoms with van der Waals surface area (Å²) in [4.78, 5) is 25.6. The summed E-state index contributed by atoms with van der Waals surface area (Å²) < 4.78 is 23.4. The second kappa shape index (κ2) is 56.7. The lowest BCUT2D eigenvalue weighted by Gasteiger charge is -2.29. The fraction of sp³-hybridized carbons (Fsp3) is 0.803. The molecule has 8 nitrogen and oxygen atoms in total. The topological polar surface area (TPSA) is 108 Å². The van der Waals surface area contributed by atoms with E-state index in [4.69, 9.17) is 9.05 Å². The molecule has 3 unspecified atom stereocenters. The third-order valence-electron chi connectivity index (χ3n) is 14.2. The average Bonchev–Trinajstić information content (AvgIpc) is 3.37. The summed E-state index contributed by atoms with van der Waals surface area (Å²) >= 11 is 0. The Morgan fingerprint density at radius 2 is 0.827 bits per heavy atom. The van der Waals surface area contributed by atoms with E-state index in [-0.39, 0.29) is 12.5 Å². The Morgan fingerprint density at radius 3 is 1.24 bits per heavy atom. The lowest BCUT2D eigenvalue weighted by Crippen LogP contribution is -2.45. The van der Waals surface area contributed by atoms with Gasteiger partial charge in [-0.3, -0.25) is 9.36 Å². The SMILES string of the molecule is CC/C=C\C/C=C\C/C=C\C/C=C\CCCCCCCCCCCCCCCCCCCCCCC(=O)NC(COP(=O)([O-])OCC[N+](C)(C)C)C(O)/C=C/CC/C=C/CCCCCCCCCCCCCCCC. The van der Waals surface area contributed by atoms with Crippen LogP contribution in [0.5, 0.6) is 0 Å². The van der Waals surface area contributed by atoms with Gasteiger partial charge in [0.1, 0.15) is 13.2 Å². The van der Waals surface area contributed by atoms with E-state index in [0.717, 1.165) is 64.2 Å². The third-order valence-corrected chi connectivity index (χ3v) is 15.1. The lowest BCUT2D eigenvalue weighted by molar-refractivity contribution is -0.870. The highest BCUT2D eigenvalue weighted by molar-refractivity contribution is 7.45. The molecule has 0 aromatic carbocycles. The summed E-state index contributed by atoms with van der Waals surface area (Å²) in [7, 11) is 1.25. The highest BCUT2D eigenvalue weighted by Crippen LogP contribution is 2.38. The first kappa shape index (κ1) is 72.9. The van der Waals surface area contributed by atoms with E-state index < -0.39 is 26.6 Å². The van der Waals surface area contributed by atoms with Crippen molar-refractivity contribution in [1.29, 1.82) is 0 Å². The summed E-state index contributed by atoms with van der Waals surface area (Å²) in [5, 5.41) is 13.9. The first-order valence-electron chi connectivity index (χ1n) is 31.8. The Balaban J connectivity index is 4.09. The molecule has 0 bridgehead atoms. The molecule has 0 rings (SSSR count). The Hall–Kier alpha value is -2.06. The summed E-state index contributed by atoms with van der Waals surface area (Å²) in [5.41, 5.74) is 0. The maximum Gasteiger partial charge on any atom is 0.268 e. The minimum atomic E-state index is -4.61. The van der Waals surface area contributed by atoms with Gasteiger partial charge in [0.25, 0.3) is 7.82 Å². The monoisotopic (exact) mass is 1070 g/mol. The van der Waals surface area contributed by atoms with E-state index in [2.05, 4.69) is 79.9 Å². The average molecular weight is 1070 g/mol. The van der Waals surface area contributed by atoms with E-state index >= 15 is 0 Å². The third kappa shape index (κ3) is 59.4. The van der Waals surface area contributed by atoms with Crippen molar-refractivity contribution >= 4 is 13.7 Å². The van der Waals surface area contributed by atoms with E-state index in [1.54, 1.807) is 6.08 Å². The number of carbonyl (C=O) groups is 1. The van der Waals surface area contributed by atoms with Crippen molar-refractivity contribution in [1.82, 2.24) is 5.32 Å². The van der Waals surface area contributed by atoms with Crippen LogP contribution < -0.4 is 10.2 Å². The fourth-order valence-electron chi connectivity index (χ4n) is 9.22. The molecule has 0 saturated carbocycles. The van der Waals surface area contributed by atoms with E-state index in [9.17, 15) is 19.4 Å². The predicted molar refractivity (Wildman–Crippen MR) is 325 cm³/mol. The molecule has 0 aliphatic heterocycles. The fourth-order valence-corrected chi connectivity index (χ4v) is 9.94. The molecule has 0 heterocycles. The first-order chi connectivity index (χ1) is 36.5. The molecule has 75 heavy (non-hydrogen) atoms. The number of nitrogens with zero attached hydrogens (tertiary/aromatic N) is 1. The molecule has 0 aromatic rings. The number of aliphatic hydroxyl groups is 1. The Morgan fingerprint density at radius 1 is 0.480 bits per heavy atom. The molecule has 3 atom stereocenters. The number of aliphatic hydroxyl groups excluding tert-OH is 1. The highest BCUT2D eigenvalue weighted by Gasteiger charge is 2.23. The number of unbranched alkanes of at least 4 members (excludes halogenated alkanes) is 35. The first-order valence-corrected chi connectivity index (χ1v) is 33.3. The van der Waals surface area contributed by atoms with Gasteiger partial charge in [-0.25, -0.2) is 0 Å². The van der Waals surface area contributed by atoms with Crippen molar-refractivity contribution in [3.63, 3.8) is 0 Å². The van der Waals surface area contributed by atoms with Crippen molar-refractivity contribution in [2.75, 3.05) is 40.9 Å². The second-order valence-electron chi connectivity index (χ2n) is 22.7. The van der Waals surface area contributed by atoms with Crippen LogP contribution in [0.2, 0.25) is 0 Å². The quantitative estimate of drug-likeness (QED) is 0.0272. The predicted octanol–water partition coefficient (Wildman–Crippen LogP) is 19.2. The van der Waals surface area contributed by atoms with Gasteiger partial charge in [-0.15, -0.1) is 0 Å². The minimum absolute atomic E-state index is 0.00674. The standard InChI is InChI=1S/C66H123N2O6P/c1-6-8-10-12-14-16-18-20-22-24-26-28-29-30-31-32-33-34-35-36-37-38-39-40-42-44-46-48-50-52-54-56-58-60-66(70)67-64(63-74-75(71,72)73-62-61-68(3,4)5)65(69)59-57-55-53-51-49-47-45-43-41-27-25-23-21-19-17-15-13-11-9-7-2/h8,10,14,16,20,22,26,28,49,51,57,59,64-65,69H,6-7,9,11-13,15,17-19,21,23-25,27,29-48,50,52-56,58,60-63H2,1-5H3,(H-,67,70,71,72)/b10-8-,16-14-,22-20-,28-26-,51-49+,59-57+. The molecule has 1 amide bonds. The number of phosphoric acid groups is 1. The van der Waals surface area contributed by atoms with Crippen molar-refractivity contribution in [3.05, 3.63) is 72.9 Å². The van der Waals surface area contributed by atoms with Gasteiger partial charge < -0.3 is 28.8 Å². The zero-order valence-corrected chi connectivity index (χ0v) is 50.9. The molecule has 0 aromatic heterocycles. The molecule has 0 saturated heterocycles. The van der Waals surface area contributed by atoms with Gasteiger partial charge in [-0.2, -0.15) is 0 Å². The zero-order chi connectivity index (χ0) is 54.9. The minimum Gasteiger partial charge on any atom is -0.756 e. The van der Waals surface area contributed by atoms with Crippen LogP contribution in [-0.4, -0.2) is 68.5 Å². The Labute approximate surface area is 465 Å². The number of allylic oxidation sites excluding steroid dienone is 11. The largest absolute Gasteiger partial charge is 0.756 e. The number of hydrogen-bond donors (Lipinski definition) is 2. The lowest BCUT2D eigenvalue weighted by atomic mass is 10.0. The Bertz CT molecular complexity index is 1450. The van der Waals surface area contributed by atoms with E-state index in [1.807, 2.05) is 27.2 Å². The Kier molecular flexibility index (Phi) is 55.1. The molecule has 438 valence electrons. The van der Waals surface area contributed by atoms with Crippen LogP contribution in [0.4, 0.5) is 0 Å². The number of likely N-dealkylation sites (N-methyl/N-ethyl adjacent to an activating group) is 1. The second-order valence-corrected chi connectivity index (χ2v) is 24.1. The molecule has 0 fully saturated rings. The van der Waals surface area contributed by atoms with E-state index in [0.29, 0.717) is 17.4 Å². The van der Waals surface area contributed by atoms with Crippen molar-refractivity contribution < 1.29 is 32.9 Å². The molecule has 0 aliphatic rings. The molecule has 0 aliphatic carbocycles. The number of nitrogens with one attached hydrogen (secondary N) is 1. The van der Waals surface area contributed by atoms with Gasteiger partial charge in [0.2, 0.25) is 5.91 Å². The van der Waals surface area contributed by atoms with Crippen molar-refractivity contribution in [2.45, 2.75) is 302 Å². The maximum absolute atomic E-state index is 13.0. The molecule has 0 radical (unpaired) electrons. The van der Waals surface area contributed by atoms with Crippen LogP contribution in [0, 0.1) is 0 Å². The normalized spacial score (nSPS) is 14.3. The smallest absolute Gasteiger partial charge is 0.268 e. The molecular formula is C66H123N2O6P. The van der Waals surface area contributed by atoms with Crippen LogP contribution in [0.1, 0.15) is 290 Å². The number of phosphoric ester groups is 1. The van der Waals surface area contributed by atoms with Gasteiger partial charge in [0.05, 0.1) is 39.9 Å². The van der Waals surface area contributed by atoms with Crippen LogP contribution >= 0.6 is 7.82 Å². The molecule has 9 heteroatoms. The van der Waals surface area contributed by atoms with Crippen LogP contribution in [0.15, 0.2) is 72.9 Å². The number of hydrogen-bond acceptors (Lipinski definition) is 6. The number of rotatable bonds is 58. The van der Waals surface area contributed by atoms with Gasteiger partial charge in [-0.05, 0) is 70.6 Å². The summed E-state index contributed by atoms with van der Waals surface area (Å²) in [6.07, 6.45) is 78.6. The summed E-state index contributed by atoms with van der Waals surface area (Å²) in [5.74, 6) is -0.204. The molecular weight excluding hydrogens is 948 g/mol. The molecule has 2 N–H and O–H groups in total. The zero-order valence-electron chi connectivity index (χ0n) is 50.0. The number of quaternary nitrogens is 1. The van der Waals surface area contributed by atoms with Crippen molar-refractivity contribution in [2.24, 2.45) is 0 Å².